The minimum absolute atomic E-state index is 0.241. The second kappa shape index (κ2) is 7.06. The third-order valence-electron chi connectivity index (χ3n) is 4.82. The van der Waals surface area contributed by atoms with E-state index in [1.54, 1.807) is 0 Å². The zero-order valence-corrected chi connectivity index (χ0v) is 17.9. The largest absolute Gasteiger partial charge is 0.323 e. The van der Waals surface area contributed by atoms with Crippen LogP contribution in [0.5, 0.6) is 0 Å². The third kappa shape index (κ3) is 3.08. The van der Waals surface area contributed by atoms with Crippen molar-refractivity contribution in [3.05, 3.63) is 70.6 Å². The molecule has 2 aromatic heterocycles. The molecule has 1 atom stereocenters. The van der Waals surface area contributed by atoms with Crippen molar-refractivity contribution in [1.82, 2.24) is 4.98 Å². The van der Waals surface area contributed by atoms with Crippen LogP contribution in [0.15, 0.2) is 60.7 Å². The number of Topliss-reactive ketones (excluding diaryl/α,β-unsaturated/α-hetero) is 1. The number of fused-ring (bicyclic) bond motifs is 3. The van der Waals surface area contributed by atoms with Gasteiger partial charge in [-0.05, 0) is 29.3 Å². The Morgan fingerprint density at radius 3 is 2.45 bits per heavy atom. The highest BCUT2D eigenvalue weighted by Gasteiger charge is 2.36. The van der Waals surface area contributed by atoms with Crippen LogP contribution in [-0.4, -0.2) is 21.5 Å². The summed E-state index contributed by atoms with van der Waals surface area (Å²) in [4.78, 5) is 30.1. The molecule has 5 rings (SSSR count). The number of amides is 1. The predicted octanol–water partition coefficient (Wildman–Crippen LogP) is 6.18. The van der Waals surface area contributed by atoms with Crippen molar-refractivity contribution >= 4 is 66.5 Å². The summed E-state index contributed by atoms with van der Waals surface area (Å²) in [5.74, 6) is -0.605. The van der Waals surface area contributed by atoms with Gasteiger partial charge < -0.3 is 5.32 Å². The summed E-state index contributed by atoms with van der Waals surface area (Å²) in [5.41, 5.74) is 4.14. The molecule has 0 bridgehead atoms. The van der Waals surface area contributed by atoms with Gasteiger partial charge >= 0.3 is 0 Å². The quantitative estimate of drug-likeness (QED) is 0.273. The lowest BCUT2D eigenvalue weighted by Gasteiger charge is -2.17. The molecule has 2 aromatic carbocycles. The van der Waals surface area contributed by atoms with Crippen LogP contribution in [0.4, 0.5) is 5.69 Å². The molecule has 4 nitrogen and oxygen atoms in total. The summed E-state index contributed by atoms with van der Waals surface area (Å²) in [6.45, 7) is 0. The average Bonchev–Trinajstić information content (AvgIpc) is 3.11. The van der Waals surface area contributed by atoms with E-state index < -0.39 is 4.83 Å². The Kier molecular flexibility index (Phi) is 4.50. The van der Waals surface area contributed by atoms with Gasteiger partial charge in [-0.1, -0.05) is 70.0 Å². The number of aromatic nitrogens is 1. The molecule has 0 fully saturated rings. The van der Waals surface area contributed by atoms with E-state index in [2.05, 4.69) is 21.2 Å². The van der Waals surface area contributed by atoms with E-state index in [0.29, 0.717) is 20.4 Å². The highest BCUT2D eigenvalue weighted by atomic mass is 79.9. The number of pyridine rings is 1. The molecule has 1 aliphatic rings. The minimum atomic E-state index is -0.879. The van der Waals surface area contributed by atoms with Gasteiger partial charge in [0.05, 0.1) is 16.3 Å². The molecule has 1 aliphatic heterocycles. The molecular weight excluding hydrogens is 472 g/mol. The number of carbonyl (C=O) groups excluding carboxylic acids is 2. The fraction of sp³-hybridized carbons (Fsp3) is 0.0455. The van der Waals surface area contributed by atoms with Crippen LogP contribution in [0.1, 0.15) is 9.67 Å². The van der Waals surface area contributed by atoms with Crippen molar-refractivity contribution in [1.29, 1.82) is 0 Å². The van der Waals surface area contributed by atoms with Crippen molar-refractivity contribution < 1.29 is 9.59 Å². The third-order valence-corrected chi connectivity index (χ3v) is 7.00. The number of hydrogen-bond acceptors (Lipinski definition) is 4. The van der Waals surface area contributed by atoms with Crippen LogP contribution in [-0.2, 0) is 4.79 Å². The van der Waals surface area contributed by atoms with Crippen molar-refractivity contribution in [2.45, 2.75) is 4.83 Å². The zero-order valence-electron chi connectivity index (χ0n) is 14.8. The van der Waals surface area contributed by atoms with Crippen molar-refractivity contribution in [2.75, 3.05) is 5.32 Å². The van der Waals surface area contributed by atoms with Crippen LogP contribution in [0.3, 0.4) is 0 Å². The second-order valence-corrected chi connectivity index (χ2v) is 8.98. The molecule has 1 unspecified atom stereocenters. The second-order valence-electron chi connectivity index (χ2n) is 6.63. The van der Waals surface area contributed by atoms with Gasteiger partial charge in [-0.2, -0.15) is 0 Å². The van der Waals surface area contributed by atoms with Crippen LogP contribution in [0, 0.1) is 0 Å². The number of benzene rings is 2. The van der Waals surface area contributed by atoms with Gasteiger partial charge in [0.2, 0.25) is 5.91 Å². The van der Waals surface area contributed by atoms with Crippen molar-refractivity contribution in [3.63, 3.8) is 0 Å². The summed E-state index contributed by atoms with van der Waals surface area (Å²) in [6, 6.07) is 19.4. The van der Waals surface area contributed by atoms with Gasteiger partial charge in [0, 0.05) is 16.0 Å². The van der Waals surface area contributed by atoms with Gasteiger partial charge in [-0.3, -0.25) is 9.59 Å². The van der Waals surface area contributed by atoms with Gasteiger partial charge in [-0.15, -0.1) is 11.3 Å². The Morgan fingerprint density at radius 1 is 1.00 bits per heavy atom. The van der Waals surface area contributed by atoms with Gasteiger partial charge in [0.15, 0.2) is 10.6 Å². The van der Waals surface area contributed by atoms with Crippen LogP contribution >= 0.6 is 38.9 Å². The maximum atomic E-state index is 12.7. The molecule has 0 aliphatic carbocycles. The number of nitrogens with one attached hydrogen (secondary N) is 1. The first-order valence-corrected chi connectivity index (χ1v) is 10.9. The lowest BCUT2D eigenvalue weighted by molar-refractivity contribution is -0.115. The van der Waals surface area contributed by atoms with E-state index in [4.69, 9.17) is 16.6 Å². The topological polar surface area (TPSA) is 59.1 Å². The minimum Gasteiger partial charge on any atom is -0.323 e. The summed E-state index contributed by atoms with van der Waals surface area (Å²) >= 11 is 10.6. The normalized spacial score (nSPS) is 16.0. The molecule has 0 saturated heterocycles. The number of alkyl halides is 1. The number of hydrogen-bond donors (Lipinski definition) is 1. The molecule has 4 aromatic rings. The Labute approximate surface area is 183 Å². The van der Waals surface area contributed by atoms with E-state index in [1.807, 2.05) is 60.7 Å². The summed E-state index contributed by atoms with van der Waals surface area (Å²) < 4.78 is 0. The Hall–Kier alpha value is -2.54. The van der Waals surface area contributed by atoms with E-state index >= 15 is 0 Å². The van der Waals surface area contributed by atoms with Gasteiger partial charge in [0.25, 0.3) is 0 Å². The fourth-order valence-electron chi connectivity index (χ4n) is 3.43. The van der Waals surface area contributed by atoms with Crippen molar-refractivity contribution in [2.24, 2.45) is 0 Å². The van der Waals surface area contributed by atoms with E-state index in [0.717, 1.165) is 27.8 Å². The number of thiophene rings is 1. The molecule has 29 heavy (non-hydrogen) atoms. The van der Waals surface area contributed by atoms with Crippen LogP contribution < -0.4 is 5.32 Å². The SMILES string of the molecule is O=C1Nc2c(sc3nc(-c4ccccc4)cc(-c4ccc(Cl)cc4)c23)C(=O)C1Br. The molecule has 1 N–H and O–H groups in total. The standard InChI is InChI=1S/C22H12BrClN2O2S/c23-17-19(27)20-18(26-21(17)28)16-14(11-6-8-13(24)9-7-11)10-15(25-22(16)29-20)12-4-2-1-3-5-12/h1-10,17H,(H,26,28). The Bertz CT molecular complexity index is 1290. The summed E-state index contributed by atoms with van der Waals surface area (Å²) in [6.07, 6.45) is 0. The first-order valence-electron chi connectivity index (χ1n) is 8.81. The number of nitrogens with zero attached hydrogens (tertiary/aromatic N) is 1. The average molecular weight is 484 g/mol. The highest BCUT2D eigenvalue weighted by Crippen LogP contribution is 2.45. The summed E-state index contributed by atoms with van der Waals surface area (Å²) in [5, 5.41) is 4.29. The van der Waals surface area contributed by atoms with Crippen LogP contribution in [0.25, 0.3) is 32.6 Å². The molecule has 1 amide bonds. The number of anilines is 1. The molecular formula is C22H12BrClN2O2S. The Morgan fingerprint density at radius 2 is 1.72 bits per heavy atom. The van der Waals surface area contributed by atoms with E-state index in [1.165, 1.54) is 11.3 Å². The van der Waals surface area contributed by atoms with Gasteiger partial charge in [0.1, 0.15) is 4.83 Å². The number of carbonyl (C=O) groups is 2. The van der Waals surface area contributed by atoms with E-state index in [-0.39, 0.29) is 11.7 Å². The Balaban J connectivity index is 1.84. The molecule has 0 saturated carbocycles. The van der Waals surface area contributed by atoms with Crippen LogP contribution in [0.2, 0.25) is 5.02 Å². The number of ketones is 1. The molecule has 0 radical (unpaired) electrons. The lowest BCUT2D eigenvalue weighted by Crippen LogP contribution is -2.34. The molecule has 0 spiro atoms. The maximum absolute atomic E-state index is 12.7. The first kappa shape index (κ1) is 18.5. The maximum Gasteiger partial charge on any atom is 0.246 e. The zero-order chi connectivity index (χ0) is 20.1. The summed E-state index contributed by atoms with van der Waals surface area (Å²) in [7, 11) is 0. The van der Waals surface area contributed by atoms with Gasteiger partial charge in [-0.25, -0.2) is 4.98 Å². The lowest BCUT2D eigenvalue weighted by atomic mass is 9.98. The first-order chi connectivity index (χ1) is 14.0. The van der Waals surface area contributed by atoms with E-state index in [9.17, 15) is 9.59 Å². The smallest absolute Gasteiger partial charge is 0.246 e. The number of halogens is 2. The van der Waals surface area contributed by atoms with Crippen molar-refractivity contribution in [3.8, 4) is 22.4 Å². The monoisotopic (exact) mass is 482 g/mol. The number of rotatable bonds is 2. The highest BCUT2D eigenvalue weighted by molar-refractivity contribution is 9.10. The predicted molar refractivity (Wildman–Crippen MR) is 121 cm³/mol. The fourth-order valence-corrected chi connectivity index (χ4v) is 5.17. The molecule has 3 heterocycles. The molecule has 7 heteroatoms. The molecule has 142 valence electrons.